The molecule has 1 aliphatic heterocycles. The van der Waals surface area contributed by atoms with E-state index in [9.17, 15) is 4.39 Å². The van der Waals surface area contributed by atoms with Crippen LogP contribution in [-0.4, -0.2) is 13.5 Å². The monoisotopic (exact) mass is 211 g/mol. The van der Waals surface area contributed by atoms with Gasteiger partial charge in [-0.15, -0.1) is 0 Å². The summed E-state index contributed by atoms with van der Waals surface area (Å²) in [6, 6.07) is 3.79. The third-order valence-electron chi connectivity index (χ3n) is 2.49. The molecule has 0 fully saturated rings. The Morgan fingerprint density at radius 3 is 2.47 bits per heavy atom. The van der Waals surface area contributed by atoms with E-state index in [1.807, 2.05) is 12.1 Å². The van der Waals surface area contributed by atoms with Crippen molar-refractivity contribution in [2.75, 3.05) is 13.5 Å². The molecule has 1 aromatic rings. The molecule has 82 valence electrons. The van der Waals surface area contributed by atoms with E-state index >= 15 is 0 Å². The summed E-state index contributed by atoms with van der Waals surface area (Å²) in [6.07, 6.45) is 1.21. The number of alkyl halides is 1. The van der Waals surface area contributed by atoms with Crippen molar-refractivity contribution >= 4 is 0 Å². The average molecular weight is 211 g/mol. The first-order chi connectivity index (χ1) is 7.35. The maximum atomic E-state index is 12.1. The van der Waals surface area contributed by atoms with Gasteiger partial charge >= 0.3 is 0 Å². The summed E-state index contributed by atoms with van der Waals surface area (Å²) in [5, 5.41) is 0. The van der Waals surface area contributed by atoms with Crippen molar-refractivity contribution in [2.24, 2.45) is 5.73 Å². The number of hydrogen-bond acceptors (Lipinski definition) is 3. The van der Waals surface area contributed by atoms with Gasteiger partial charge in [-0.05, 0) is 36.1 Å². The third kappa shape index (κ3) is 2.04. The Morgan fingerprint density at radius 2 is 1.87 bits per heavy atom. The number of nitrogens with two attached hydrogens (primary N) is 1. The summed E-state index contributed by atoms with van der Waals surface area (Å²) in [5.41, 5.74) is 7.69. The highest BCUT2D eigenvalue weighted by atomic mass is 19.1. The fourth-order valence-corrected chi connectivity index (χ4v) is 1.71. The molecule has 3 nitrogen and oxygen atoms in total. The Morgan fingerprint density at radius 1 is 1.20 bits per heavy atom. The van der Waals surface area contributed by atoms with Gasteiger partial charge < -0.3 is 15.2 Å². The second kappa shape index (κ2) is 4.49. The van der Waals surface area contributed by atoms with E-state index in [0.717, 1.165) is 22.6 Å². The van der Waals surface area contributed by atoms with Crippen LogP contribution in [0.4, 0.5) is 4.39 Å². The summed E-state index contributed by atoms with van der Waals surface area (Å²) in [5.74, 6) is 1.47. The lowest BCUT2D eigenvalue weighted by molar-refractivity contribution is 0.174. The number of benzene rings is 1. The van der Waals surface area contributed by atoms with Crippen LogP contribution in [0.2, 0.25) is 0 Å². The number of rotatable bonds is 4. The Balaban J connectivity index is 2.27. The van der Waals surface area contributed by atoms with Crippen LogP contribution in [0.15, 0.2) is 12.1 Å². The van der Waals surface area contributed by atoms with Gasteiger partial charge in [-0.25, -0.2) is 0 Å². The quantitative estimate of drug-likeness (QED) is 0.825. The van der Waals surface area contributed by atoms with Gasteiger partial charge in [-0.3, -0.25) is 4.39 Å². The molecule has 0 radical (unpaired) electrons. The van der Waals surface area contributed by atoms with Crippen LogP contribution in [0.3, 0.4) is 0 Å². The molecule has 0 aromatic heterocycles. The molecule has 0 spiro atoms. The van der Waals surface area contributed by atoms with E-state index in [0.29, 0.717) is 19.4 Å². The predicted molar refractivity (Wildman–Crippen MR) is 54.8 cm³/mol. The molecule has 0 amide bonds. The van der Waals surface area contributed by atoms with E-state index < -0.39 is 0 Å². The first-order valence-electron chi connectivity index (χ1n) is 5.02. The maximum Gasteiger partial charge on any atom is 0.231 e. The zero-order chi connectivity index (χ0) is 10.7. The van der Waals surface area contributed by atoms with Crippen molar-refractivity contribution in [1.82, 2.24) is 0 Å². The van der Waals surface area contributed by atoms with E-state index in [1.165, 1.54) is 0 Å². The van der Waals surface area contributed by atoms with E-state index in [2.05, 4.69) is 0 Å². The van der Waals surface area contributed by atoms with Crippen molar-refractivity contribution in [3.63, 3.8) is 0 Å². The number of halogens is 1. The van der Waals surface area contributed by atoms with Crippen molar-refractivity contribution in [3.05, 3.63) is 23.3 Å². The third-order valence-corrected chi connectivity index (χ3v) is 2.49. The second-order valence-corrected chi connectivity index (χ2v) is 3.47. The molecule has 0 bridgehead atoms. The molecule has 2 rings (SSSR count). The summed E-state index contributed by atoms with van der Waals surface area (Å²) in [4.78, 5) is 0. The number of hydrogen-bond donors (Lipinski definition) is 1. The van der Waals surface area contributed by atoms with Gasteiger partial charge in [0.05, 0.1) is 6.67 Å². The van der Waals surface area contributed by atoms with Crippen LogP contribution in [0.5, 0.6) is 11.5 Å². The SMILES string of the molecule is NCc1cc2c(cc1CCCF)OCO2. The molecule has 4 heteroatoms. The van der Waals surface area contributed by atoms with E-state index in [4.69, 9.17) is 15.2 Å². The van der Waals surface area contributed by atoms with Crippen molar-refractivity contribution in [2.45, 2.75) is 19.4 Å². The highest BCUT2D eigenvalue weighted by Crippen LogP contribution is 2.35. The van der Waals surface area contributed by atoms with E-state index in [1.54, 1.807) is 0 Å². The summed E-state index contributed by atoms with van der Waals surface area (Å²) in [7, 11) is 0. The van der Waals surface area contributed by atoms with Crippen LogP contribution in [0.1, 0.15) is 17.5 Å². The molecule has 15 heavy (non-hydrogen) atoms. The smallest absolute Gasteiger partial charge is 0.231 e. The maximum absolute atomic E-state index is 12.1. The molecule has 0 atom stereocenters. The van der Waals surface area contributed by atoms with Gasteiger partial charge in [0.1, 0.15) is 0 Å². The lowest BCUT2D eigenvalue weighted by Gasteiger charge is -2.08. The largest absolute Gasteiger partial charge is 0.454 e. The molecule has 0 aliphatic carbocycles. The standard InChI is InChI=1S/C11H14FNO2/c12-3-1-2-8-4-10-11(15-7-14-10)5-9(8)6-13/h4-5H,1-3,6-7,13H2. The van der Waals surface area contributed by atoms with Crippen molar-refractivity contribution in [3.8, 4) is 11.5 Å². The van der Waals surface area contributed by atoms with Gasteiger partial charge in [0.25, 0.3) is 0 Å². The van der Waals surface area contributed by atoms with Crippen molar-refractivity contribution in [1.29, 1.82) is 0 Å². The lowest BCUT2D eigenvalue weighted by atomic mass is 10.0. The summed E-state index contributed by atoms with van der Waals surface area (Å²) >= 11 is 0. The molecule has 1 aromatic carbocycles. The van der Waals surface area contributed by atoms with Crippen LogP contribution in [0.25, 0.3) is 0 Å². The summed E-state index contributed by atoms with van der Waals surface area (Å²) in [6.45, 7) is 0.391. The summed E-state index contributed by atoms with van der Waals surface area (Å²) < 4.78 is 22.6. The van der Waals surface area contributed by atoms with Crippen LogP contribution >= 0.6 is 0 Å². The lowest BCUT2D eigenvalue weighted by Crippen LogP contribution is -2.02. The fourth-order valence-electron chi connectivity index (χ4n) is 1.71. The minimum Gasteiger partial charge on any atom is -0.454 e. The number of aryl methyl sites for hydroxylation is 1. The molecular formula is C11H14FNO2. The van der Waals surface area contributed by atoms with Crippen LogP contribution in [0, 0.1) is 0 Å². The molecule has 0 saturated carbocycles. The second-order valence-electron chi connectivity index (χ2n) is 3.47. The van der Waals surface area contributed by atoms with Crippen LogP contribution in [-0.2, 0) is 13.0 Å². The Hall–Kier alpha value is -1.29. The van der Waals surface area contributed by atoms with Gasteiger partial charge in [-0.2, -0.15) is 0 Å². The Bertz CT molecular complexity index is 355. The minimum absolute atomic E-state index is 0.256. The van der Waals surface area contributed by atoms with Crippen molar-refractivity contribution < 1.29 is 13.9 Å². The molecule has 1 heterocycles. The zero-order valence-electron chi connectivity index (χ0n) is 8.46. The fraction of sp³-hybridized carbons (Fsp3) is 0.455. The minimum atomic E-state index is -0.307. The Kier molecular flexibility index (Phi) is 3.06. The zero-order valence-corrected chi connectivity index (χ0v) is 8.46. The average Bonchev–Trinajstić information content (AvgIpc) is 2.71. The number of ether oxygens (including phenoxy) is 2. The molecule has 1 aliphatic rings. The highest BCUT2D eigenvalue weighted by Gasteiger charge is 2.16. The predicted octanol–water partition coefficient (Wildman–Crippen LogP) is 1.78. The van der Waals surface area contributed by atoms with E-state index in [-0.39, 0.29) is 13.5 Å². The molecular weight excluding hydrogens is 197 g/mol. The van der Waals surface area contributed by atoms with Gasteiger partial charge in [0, 0.05) is 6.54 Å². The molecule has 2 N–H and O–H groups in total. The Labute approximate surface area is 88.0 Å². The first kappa shape index (κ1) is 10.2. The number of fused-ring (bicyclic) bond motifs is 1. The van der Waals surface area contributed by atoms with Gasteiger partial charge in [0.2, 0.25) is 6.79 Å². The normalized spacial score (nSPS) is 13.2. The van der Waals surface area contributed by atoms with Crippen LogP contribution < -0.4 is 15.2 Å². The van der Waals surface area contributed by atoms with Gasteiger partial charge in [-0.1, -0.05) is 0 Å². The highest BCUT2D eigenvalue weighted by molar-refractivity contribution is 5.48. The topological polar surface area (TPSA) is 44.5 Å². The molecule has 0 unspecified atom stereocenters. The molecule has 0 saturated heterocycles. The first-order valence-corrected chi connectivity index (χ1v) is 5.02. The van der Waals surface area contributed by atoms with Gasteiger partial charge in [0.15, 0.2) is 11.5 Å².